The van der Waals surface area contributed by atoms with Crippen LogP contribution in [-0.2, 0) is 4.57 Å². The highest BCUT2D eigenvalue weighted by atomic mass is 31.2. The predicted octanol–water partition coefficient (Wildman–Crippen LogP) is 1.19. The molecule has 3 N–H and O–H groups in total. The van der Waals surface area contributed by atoms with E-state index < -0.39 is 7.60 Å². The second-order valence-electron chi connectivity index (χ2n) is 5.04. The lowest BCUT2D eigenvalue weighted by molar-refractivity contribution is 0.147. The maximum absolute atomic E-state index is 10.9. The maximum Gasteiger partial charge on any atom is 0.325 e. The van der Waals surface area contributed by atoms with Crippen LogP contribution in [0.1, 0.15) is 25.7 Å². The van der Waals surface area contributed by atoms with Crippen molar-refractivity contribution in [3.8, 4) is 0 Å². The van der Waals surface area contributed by atoms with Gasteiger partial charge in [0.1, 0.15) is 0 Å². The molecule has 2 rings (SSSR count). The van der Waals surface area contributed by atoms with Crippen LogP contribution in [0.4, 0.5) is 0 Å². The average Bonchev–Trinajstić information content (AvgIpc) is 2.15. The van der Waals surface area contributed by atoms with Crippen LogP contribution in [0.5, 0.6) is 0 Å². The minimum Gasteiger partial charge on any atom is -0.324 e. The molecule has 0 aromatic carbocycles. The zero-order chi connectivity index (χ0) is 10.9. The summed E-state index contributed by atoms with van der Waals surface area (Å²) in [4.78, 5) is 17.9. The van der Waals surface area contributed by atoms with Gasteiger partial charge in [0.05, 0.1) is 6.16 Å². The number of nitrogens with one attached hydrogen (secondary N) is 1. The van der Waals surface area contributed by atoms with Gasteiger partial charge in [-0.05, 0) is 56.5 Å². The van der Waals surface area contributed by atoms with Crippen molar-refractivity contribution in [1.29, 1.82) is 0 Å². The van der Waals surface area contributed by atoms with Crippen LogP contribution in [-0.4, -0.2) is 29.0 Å². The van der Waals surface area contributed by atoms with Crippen molar-refractivity contribution in [2.45, 2.75) is 25.7 Å². The number of rotatable bonds is 2. The Bertz CT molecular complexity index is 265. The molecular weight excluding hydrogens is 213 g/mol. The van der Waals surface area contributed by atoms with Crippen molar-refractivity contribution in [1.82, 2.24) is 5.32 Å². The minimum absolute atomic E-state index is 0.101. The lowest BCUT2D eigenvalue weighted by atomic mass is 9.72. The van der Waals surface area contributed by atoms with Gasteiger partial charge in [0.25, 0.3) is 0 Å². The van der Waals surface area contributed by atoms with E-state index in [1.807, 2.05) is 0 Å². The fraction of sp³-hybridized carbons (Fsp3) is 1.00. The molecule has 3 atom stereocenters. The van der Waals surface area contributed by atoms with E-state index in [1.54, 1.807) is 0 Å². The third-order valence-corrected chi connectivity index (χ3v) is 4.83. The SMILES string of the molecule is O=P(O)(O)CC1CCC2CNCCC2C1. The highest BCUT2D eigenvalue weighted by Gasteiger charge is 2.34. The topological polar surface area (TPSA) is 69.6 Å². The summed E-state index contributed by atoms with van der Waals surface area (Å²) in [6.45, 7) is 2.18. The molecule has 15 heavy (non-hydrogen) atoms. The van der Waals surface area contributed by atoms with Gasteiger partial charge >= 0.3 is 7.60 Å². The van der Waals surface area contributed by atoms with Gasteiger partial charge in [-0.1, -0.05) is 0 Å². The van der Waals surface area contributed by atoms with Crippen LogP contribution in [0.25, 0.3) is 0 Å². The highest BCUT2D eigenvalue weighted by Crippen LogP contribution is 2.44. The number of hydrogen-bond acceptors (Lipinski definition) is 2. The van der Waals surface area contributed by atoms with E-state index in [1.165, 1.54) is 6.42 Å². The van der Waals surface area contributed by atoms with Gasteiger partial charge in [0, 0.05) is 0 Å². The Balaban J connectivity index is 1.88. The van der Waals surface area contributed by atoms with Gasteiger partial charge in [0.2, 0.25) is 0 Å². The molecule has 88 valence electrons. The number of hydrogen-bond donors (Lipinski definition) is 3. The lowest BCUT2D eigenvalue weighted by Gasteiger charge is -2.39. The first kappa shape index (κ1) is 11.6. The first-order chi connectivity index (χ1) is 7.04. The second-order valence-corrected chi connectivity index (χ2v) is 6.73. The normalized spacial score (nSPS) is 37.3. The summed E-state index contributed by atoms with van der Waals surface area (Å²) in [5, 5.41) is 3.39. The third-order valence-electron chi connectivity index (χ3n) is 3.84. The predicted molar refractivity (Wildman–Crippen MR) is 58.7 cm³/mol. The van der Waals surface area contributed by atoms with Crippen LogP contribution in [0.3, 0.4) is 0 Å². The Morgan fingerprint density at radius 2 is 2.00 bits per heavy atom. The van der Waals surface area contributed by atoms with E-state index in [4.69, 9.17) is 9.79 Å². The Hall–Kier alpha value is 0.110. The molecule has 2 aliphatic rings. The standard InChI is InChI=1S/C10H20NO3P/c12-15(13,14)7-8-1-2-10-6-11-4-3-9(10)5-8/h8-11H,1-7H2,(H2,12,13,14). The van der Waals surface area contributed by atoms with E-state index in [2.05, 4.69) is 5.32 Å². The van der Waals surface area contributed by atoms with E-state index in [-0.39, 0.29) is 12.1 Å². The highest BCUT2D eigenvalue weighted by molar-refractivity contribution is 7.51. The zero-order valence-electron chi connectivity index (χ0n) is 8.93. The van der Waals surface area contributed by atoms with Crippen molar-refractivity contribution >= 4 is 7.60 Å². The molecule has 1 heterocycles. The first-order valence-corrected chi connectivity index (χ1v) is 7.59. The second kappa shape index (κ2) is 4.54. The lowest BCUT2D eigenvalue weighted by Crippen LogP contribution is -2.40. The van der Waals surface area contributed by atoms with Crippen molar-refractivity contribution in [2.75, 3.05) is 19.3 Å². The van der Waals surface area contributed by atoms with Gasteiger partial charge in [-0.3, -0.25) is 4.57 Å². The molecule has 3 unspecified atom stereocenters. The number of piperidine rings is 1. The van der Waals surface area contributed by atoms with Crippen LogP contribution in [0, 0.1) is 17.8 Å². The quantitative estimate of drug-likeness (QED) is 0.627. The molecule has 1 saturated heterocycles. The summed E-state index contributed by atoms with van der Waals surface area (Å²) >= 11 is 0. The van der Waals surface area contributed by atoms with Gasteiger partial charge in [-0.2, -0.15) is 0 Å². The summed E-state index contributed by atoms with van der Waals surface area (Å²) in [6.07, 6.45) is 4.44. The summed E-state index contributed by atoms with van der Waals surface area (Å²) in [5.74, 6) is 1.72. The van der Waals surface area contributed by atoms with E-state index in [0.29, 0.717) is 5.92 Å². The molecule has 0 bridgehead atoms. The van der Waals surface area contributed by atoms with Gasteiger partial charge in [-0.25, -0.2) is 0 Å². The molecule has 1 saturated carbocycles. The van der Waals surface area contributed by atoms with Crippen LogP contribution in [0.2, 0.25) is 0 Å². The molecule has 0 spiro atoms. The largest absolute Gasteiger partial charge is 0.325 e. The van der Waals surface area contributed by atoms with Gasteiger partial charge < -0.3 is 15.1 Å². The van der Waals surface area contributed by atoms with Crippen molar-refractivity contribution < 1.29 is 14.4 Å². The molecule has 0 aromatic rings. The Morgan fingerprint density at radius 1 is 1.20 bits per heavy atom. The van der Waals surface area contributed by atoms with Crippen molar-refractivity contribution in [3.63, 3.8) is 0 Å². The molecule has 0 aromatic heterocycles. The van der Waals surface area contributed by atoms with Crippen LogP contribution in [0.15, 0.2) is 0 Å². The van der Waals surface area contributed by atoms with Crippen LogP contribution < -0.4 is 5.32 Å². The van der Waals surface area contributed by atoms with Gasteiger partial charge in [0.15, 0.2) is 0 Å². The minimum atomic E-state index is -3.80. The summed E-state index contributed by atoms with van der Waals surface area (Å²) < 4.78 is 10.9. The van der Waals surface area contributed by atoms with E-state index in [9.17, 15) is 4.57 Å². The van der Waals surface area contributed by atoms with E-state index >= 15 is 0 Å². The molecule has 1 aliphatic heterocycles. The van der Waals surface area contributed by atoms with Crippen molar-refractivity contribution in [2.24, 2.45) is 17.8 Å². The summed E-state index contributed by atoms with van der Waals surface area (Å²) in [7, 11) is -3.80. The van der Waals surface area contributed by atoms with Gasteiger partial charge in [-0.15, -0.1) is 0 Å². The molecular formula is C10H20NO3P. The average molecular weight is 233 g/mol. The maximum atomic E-state index is 10.9. The smallest absolute Gasteiger partial charge is 0.324 e. The monoisotopic (exact) mass is 233 g/mol. The zero-order valence-corrected chi connectivity index (χ0v) is 9.83. The third kappa shape index (κ3) is 3.28. The summed E-state index contributed by atoms with van der Waals surface area (Å²) in [6, 6.07) is 0. The Labute approximate surface area is 90.6 Å². The Morgan fingerprint density at radius 3 is 2.73 bits per heavy atom. The Kier molecular flexibility index (Phi) is 3.51. The fourth-order valence-corrected chi connectivity index (χ4v) is 4.13. The number of fused-ring (bicyclic) bond motifs is 1. The molecule has 2 fully saturated rings. The molecule has 5 heteroatoms. The molecule has 0 radical (unpaired) electrons. The molecule has 4 nitrogen and oxygen atoms in total. The molecule has 1 aliphatic carbocycles. The first-order valence-electron chi connectivity index (χ1n) is 5.80. The van der Waals surface area contributed by atoms with E-state index in [0.717, 1.165) is 38.3 Å². The fourth-order valence-electron chi connectivity index (χ4n) is 3.12. The molecule has 0 amide bonds. The van der Waals surface area contributed by atoms with Crippen molar-refractivity contribution in [3.05, 3.63) is 0 Å². The summed E-state index contributed by atoms with van der Waals surface area (Å²) in [5.41, 5.74) is 0. The van der Waals surface area contributed by atoms with Crippen LogP contribution >= 0.6 is 7.60 Å².